The fraction of sp³-hybridized carbons (Fsp3) is 0. The summed E-state index contributed by atoms with van der Waals surface area (Å²) in [5, 5.41) is -0.399. The number of hydrogen-bond acceptors (Lipinski definition) is 3. The Morgan fingerprint density at radius 1 is 0.609 bits per heavy atom. The van der Waals surface area contributed by atoms with E-state index in [0.29, 0.717) is 5.56 Å². The van der Waals surface area contributed by atoms with E-state index in [1.165, 1.54) is 0 Å². The number of ketones is 1. The summed E-state index contributed by atoms with van der Waals surface area (Å²) in [5.74, 6) is -0.401. The Hall–Kier alpha value is -2.65. The van der Waals surface area contributed by atoms with Crippen molar-refractivity contribution < 1.29 is 9.59 Å². The molecule has 0 aliphatic carbocycles. The van der Waals surface area contributed by atoms with Crippen LogP contribution in [0.15, 0.2) is 77.7 Å². The molecule has 110 valence electrons. The predicted molar refractivity (Wildman–Crippen MR) is 92.5 cm³/mol. The minimum atomic E-state index is -0.401. The highest BCUT2D eigenvalue weighted by Gasteiger charge is 2.31. The van der Waals surface area contributed by atoms with Gasteiger partial charge in [-0.1, -0.05) is 60.7 Å². The van der Waals surface area contributed by atoms with E-state index in [2.05, 4.69) is 0 Å². The lowest BCUT2D eigenvalue weighted by molar-refractivity contribution is -0.107. The van der Waals surface area contributed by atoms with E-state index in [9.17, 15) is 9.59 Å². The molecule has 0 atom stereocenters. The van der Waals surface area contributed by atoms with Gasteiger partial charge < -0.3 is 0 Å². The van der Waals surface area contributed by atoms with E-state index in [1.54, 1.807) is 0 Å². The lowest BCUT2D eigenvalue weighted by Crippen LogP contribution is -2.02. The lowest BCUT2D eigenvalue weighted by atomic mass is 9.92. The number of carbonyl (C=O) groups excluding carboxylic acids is 2. The third-order valence-corrected chi connectivity index (χ3v) is 4.85. The Morgan fingerprint density at radius 2 is 1.13 bits per heavy atom. The Kier molecular flexibility index (Phi) is 3.36. The highest BCUT2D eigenvalue weighted by molar-refractivity contribution is 8.16. The summed E-state index contributed by atoms with van der Waals surface area (Å²) in [6, 6.07) is 23.8. The van der Waals surface area contributed by atoms with Crippen molar-refractivity contribution in [2.75, 3.05) is 0 Å². The van der Waals surface area contributed by atoms with Crippen molar-refractivity contribution in [2.24, 2.45) is 0 Å². The predicted octanol–water partition coefficient (Wildman–Crippen LogP) is 4.84. The average Bonchev–Trinajstić information content (AvgIpc) is 2.89. The molecule has 0 saturated carbocycles. The maximum Gasteiger partial charge on any atom is 0.264 e. The van der Waals surface area contributed by atoms with Crippen molar-refractivity contribution in [1.29, 1.82) is 0 Å². The molecule has 0 unspecified atom stereocenters. The number of benzene rings is 3. The lowest BCUT2D eigenvalue weighted by Gasteiger charge is -2.12. The minimum Gasteiger partial charge on any atom is -0.284 e. The number of Topliss-reactive ketones (excluding diaryl/α,β-unsaturated/α-hetero) is 1. The van der Waals surface area contributed by atoms with Crippen LogP contribution in [-0.4, -0.2) is 10.9 Å². The molecule has 1 aliphatic rings. The molecule has 23 heavy (non-hydrogen) atoms. The van der Waals surface area contributed by atoms with E-state index in [0.717, 1.165) is 38.9 Å². The molecule has 0 spiro atoms. The van der Waals surface area contributed by atoms with E-state index in [1.807, 2.05) is 72.8 Å². The standard InChI is InChI=1S/C20H12O2S/c21-19-17-11-15(13-7-3-1-4-8-13)16(12-18(17)23-20(19)22)14-9-5-2-6-10-14/h1-12H. The molecule has 0 saturated heterocycles. The van der Waals surface area contributed by atoms with Crippen LogP contribution in [0.25, 0.3) is 22.3 Å². The number of carbonyl (C=O) groups is 2. The molecule has 0 bridgehead atoms. The zero-order valence-corrected chi connectivity index (χ0v) is 13.0. The van der Waals surface area contributed by atoms with Gasteiger partial charge in [0.15, 0.2) is 0 Å². The van der Waals surface area contributed by atoms with E-state index >= 15 is 0 Å². The van der Waals surface area contributed by atoms with Crippen LogP contribution in [0.2, 0.25) is 0 Å². The maximum absolute atomic E-state index is 12.1. The van der Waals surface area contributed by atoms with Gasteiger partial charge in [0.1, 0.15) is 0 Å². The van der Waals surface area contributed by atoms with Gasteiger partial charge in [0.2, 0.25) is 5.78 Å². The van der Waals surface area contributed by atoms with Crippen LogP contribution >= 0.6 is 11.8 Å². The van der Waals surface area contributed by atoms with Crippen LogP contribution in [0, 0.1) is 0 Å². The first kappa shape index (κ1) is 14.0. The molecule has 1 aliphatic heterocycles. The number of fused-ring (bicyclic) bond motifs is 1. The summed E-state index contributed by atoms with van der Waals surface area (Å²) in [6.07, 6.45) is 0. The molecule has 4 rings (SSSR count). The summed E-state index contributed by atoms with van der Waals surface area (Å²) < 4.78 is 0. The van der Waals surface area contributed by atoms with Gasteiger partial charge in [-0.15, -0.1) is 0 Å². The molecule has 0 N–H and O–H groups in total. The maximum atomic E-state index is 12.1. The van der Waals surface area contributed by atoms with E-state index < -0.39 is 10.9 Å². The van der Waals surface area contributed by atoms with Gasteiger partial charge in [0.05, 0.1) is 0 Å². The molecule has 0 fully saturated rings. The van der Waals surface area contributed by atoms with Gasteiger partial charge in [0, 0.05) is 10.5 Å². The summed E-state index contributed by atoms with van der Waals surface area (Å²) in [6.45, 7) is 0. The van der Waals surface area contributed by atoms with Crippen molar-refractivity contribution in [2.45, 2.75) is 4.90 Å². The van der Waals surface area contributed by atoms with E-state index in [-0.39, 0.29) is 0 Å². The van der Waals surface area contributed by atoms with Crippen molar-refractivity contribution in [1.82, 2.24) is 0 Å². The fourth-order valence-corrected chi connectivity index (χ4v) is 3.65. The van der Waals surface area contributed by atoms with Gasteiger partial charge in [-0.05, 0) is 46.1 Å². The first-order valence-corrected chi connectivity index (χ1v) is 8.11. The Morgan fingerprint density at radius 3 is 1.70 bits per heavy atom. The molecule has 1 heterocycles. The van der Waals surface area contributed by atoms with Gasteiger partial charge in [-0.25, -0.2) is 0 Å². The first-order valence-electron chi connectivity index (χ1n) is 7.29. The Labute approximate surface area is 138 Å². The van der Waals surface area contributed by atoms with Crippen molar-refractivity contribution in [3.63, 3.8) is 0 Å². The third kappa shape index (κ3) is 2.39. The second kappa shape index (κ2) is 5.52. The van der Waals surface area contributed by atoms with Gasteiger partial charge in [-0.2, -0.15) is 0 Å². The highest BCUT2D eigenvalue weighted by atomic mass is 32.2. The van der Waals surface area contributed by atoms with Crippen molar-refractivity contribution in [3.05, 3.63) is 78.4 Å². The largest absolute Gasteiger partial charge is 0.284 e. The zero-order valence-electron chi connectivity index (χ0n) is 12.2. The summed E-state index contributed by atoms with van der Waals surface area (Å²) in [7, 11) is 0. The average molecular weight is 316 g/mol. The van der Waals surface area contributed by atoms with Crippen LogP contribution in [0.5, 0.6) is 0 Å². The molecule has 2 nitrogen and oxygen atoms in total. The SMILES string of the molecule is O=C1Sc2cc(-c3ccccc3)c(-c3ccccc3)cc2C1=O. The van der Waals surface area contributed by atoms with Crippen LogP contribution in [0.3, 0.4) is 0 Å². The summed E-state index contributed by atoms with van der Waals surface area (Å²) in [5.41, 5.74) is 4.62. The normalized spacial score (nSPS) is 13.2. The second-order valence-electron chi connectivity index (χ2n) is 5.34. The molecule has 0 radical (unpaired) electrons. The van der Waals surface area contributed by atoms with Gasteiger partial charge in [-0.3, -0.25) is 9.59 Å². The Balaban J connectivity index is 2.00. The summed E-state index contributed by atoms with van der Waals surface area (Å²) in [4.78, 5) is 24.5. The molecule has 0 aromatic heterocycles. The Bertz CT molecular complexity index is 915. The fourth-order valence-electron chi connectivity index (χ4n) is 2.81. The summed E-state index contributed by atoms with van der Waals surface area (Å²) >= 11 is 1.02. The third-order valence-electron chi connectivity index (χ3n) is 3.92. The quantitative estimate of drug-likeness (QED) is 0.635. The second-order valence-corrected chi connectivity index (χ2v) is 6.36. The molecular weight excluding hydrogens is 304 g/mol. The smallest absolute Gasteiger partial charge is 0.264 e. The van der Waals surface area contributed by atoms with Crippen molar-refractivity contribution >= 4 is 22.7 Å². The number of thioether (sulfide) groups is 1. The van der Waals surface area contributed by atoms with Gasteiger partial charge >= 0.3 is 0 Å². The molecular formula is C20H12O2S. The van der Waals surface area contributed by atoms with Crippen LogP contribution in [0.1, 0.15) is 10.4 Å². The molecule has 3 heteroatoms. The van der Waals surface area contributed by atoms with Crippen molar-refractivity contribution in [3.8, 4) is 22.3 Å². The van der Waals surface area contributed by atoms with Crippen LogP contribution in [-0.2, 0) is 4.79 Å². The van der Waals surface area contributed by atoms with Crippen LogP contribution < -0.4 is 0 Å². The first-order chi connectivity index (χ1) is 11.2. The minimum absolute atomic E-state index is 0.399. The monoisotopic (exact) mass is 316 g/mol. The topological polar surface area (TPSA) is 34.1 Å². The molecule has 0 amide bonds. The van der Waals surface area contributed by atoms with E-state index in [4.69, 9.17) is 0 Å². The molecule has 3 aromatic carbocycles. The number of rotatable bonds is 2. The van der Waals surface area contributed by atoms with Crippen LogP contribution in [0.4, 0.5) is 0 Å². The number of hydrogen-bond donors (Lipinski definition) is 0. The molecule has 3 aromatic rings. The highest BCUT2D eigenvalue weighted by Crippen LogP contribution is 2.41. The zero-order chi connectivity index (χ0) is 15.8. The van der Waals surface area contributed by atoms with Gasteiger partial charge in [0.25, 0.3) is 5.12 Å².